The van der Waals surface area contributed by atoms with Crippen LogP contribution in [0.25, 0.3) is 0 Å². The number of hydrogen-bond donors (Lipinski definition) is 2. The molecule has 26 heavy (non-hydrogen) atoms. The van der Waals surface area contributed by atoms with Gasteiger partial charge >= 0.3 is 0 Å². The van der Waals surface area contributed by atoms with Gasteiger partial charge < -0.3 is 19.9 Å². The highest BCUT2D eigenvalue weighted by Gasteiger charge is 2.32. The number of aliphatic hydroxyl groups is 1. The van der Waals surface area contributed by atoms with Gasteiger partial charge in [-0.2, -0.15) is 0 Å². The summed E-state index contributed by atoms with van der Waals surface area (Å²) >= 11 is 0. The molecular weight excluding hydrogens is 330 g/mol. The molecular formula is C21H25NO4. The molecule has 2 N–H and O–H groups in total. The molecule has 3 rings (SSSR count). The summed E-state index contributed by atoms with van der Waals surface area (Å²) < 4.78 is 11.6. The molecule has 0 saturated heterocycles. The van der Waals surface area contributed by atoms with Crippen molar-refractivity contribution >= 4 is 5.91 Å². The summed E-state index contributed by atoms with van der Waals surface area (Å²) in [4.78, 5) is 12.0. The van der Waals surface area contributed by atoms with E-state index in [-0.39, 0.29) is 24.7 Å². The molecule has 1 aliphatic rings. The van der Waals surface area contributed by atoms with E-state index < -0.39 is 6.10 Å². The molecule has 0 bridgehead atoms. The maximum absolute atomic E-state index is 12.0. The molecule has 1 atom stereocenters. The zero-order valence-electron chi connectivity index (χ0n) is 15.2. The second-order valence-corrected chi connectivity index (χ2v) is 7.22. The average molecular weight is 355 g/mol. The summed E-state index contributed by atoms with van der Waals surface area (Å²) in [5.74, 6) is 1.02. The lowest BCUT2D eigenvalue weighted by atomic mass is 10.0. The van der Waals surface area contributed by atoms with E-state index in [4.69, 9.17) is 9.47 Å². The smallest absolute Gasteiger partial charge is 0.258 e. The van der Waals surface area contributed by atoms with Crippen molar-refractivity contribution in [1.29, 1.82) is 0 Å². The third kappa shape index (κ3) is 4.76. The highest BCUT2D eigenvalue weighted by Crippen LogP contribution is 2.41. The number of rotatable bonds is 7. The van der Waals surface area contributed by atoms with Crippen LogP contribution in [-0.4, -0.2) is 35.9 Å². The maximum Gasteiger partial charge on any atom is 0.258 e. The molecule has 1 aliphatic heterocycles. The van der Waals surface area contributed by atoms with E-state index in [1.54, 1.807) is 6.07 Å². The van der Waals surface area contributed by atoms with Gasteiger partial charge in [0.15, 0.2) is 18.1 Å². The first-order valence-electron chi connectivity index (χ1n) is 8.85. The normalized spacial score (nSPS) is 15.7. The van der Waals surface area contributed by atoms with Gasteiger partial charge in [0.25, 0.3) is 5.91 Å². The first kappa shape index (κ1) is 18.3. The maximum atomic E-state index is 12.0. The molecule has 2 aromatic carbocycles. The van der Waals surface area contributed by atoms with Crippen LogP contribution in [0.1, 0.15) is 25.0 Å². The number of amides is 1. The van der Waals surface area contributed by atoms with Crippen molar-refractivity contribution < 1.29 is 19.4 Å². The van der Waals surface area contributed by atoms with Crippen molar-refractivity contribution in [3.05, 3.63) is 59.7 Å². The number of carbonyl (C=O) groups is 1. The van der Waals surface area contributed by atoms with Gasteiger partial charge in [0, 0.05) is 24.9 Å². The molecule has 1 heterocycles. The summed E-state index contributed by atoms with van der Waals surface area (Å²) in [6, 6.07) is 15.4. The van der Waals surface area contributed by atoms with E-state index >= 15 is 0 Å². The van der Waals surface area contributed by atoms with Crippen LogP contribution >= 0.6 is 0 Å². The number of hydrogen-bond acceptors (Lipinski definition) is 4. The largest absolute Gasteiger partial charge is 0.483 e. The highest BCUT2D eigenvalue weighted by atomic mass is 16.5. The molecule has 0 radical (unpaired) electrons. The van der Waals surface area contributed by atoms with Crippen molar-refractivity contribution in [2.24, 2.45) is 0 Å². The van der Waals surface area contributed by atoms with Gasteiger partial charge in [-0.25, -0.2) is 0 Å². The summed E-state index contributed by atoms with van der Waals surface area (Å²) in [6.45, 7) is 4.13. The third-order valence-corrected chi connectivity index (χ3v) is 4.26. The third-order valence-electron chi connectivity index (χ3n) is 4.26. The van der Waals surface area contributed by atoms with Gasteiger partial charge in [0.1, 0.15) is 5.60 Å². The van der Waals surface area contributed by atoms with Crippen LogP contribution in [-0.2, 0) is 17.6 Å². The predicted octanol–water partition coefficient (Wildman–Crippen LogP) is 2.50. The summed E-state index contributed by atoms with van der Waals surface area (Å²) in [7, 11) is 0. The summed E-state index contributed by atoms with van der Waals surface area (Å²) in [5.41, 5.74) is 1.86. The molecule has 1 unspecified atom stereocenters. The van der Waals surface area contributed by atoms with E-state index in [2.05, 4.69) is 5.32 Å². The molecule has 0 aromatic heterocycles. The van der Waals surface area contributed by atoms with E-state index in [0.29, 0.717) is 12.2 Å². The van der Waals surface area contributed by atoms with Gasteiger partial charge in [-0.1, -0.05) is 42.5 Å². The fourth-order valence-electron chi connectivity index (χ4n) is 3.09. The lowest BCUT2D eigenvalue weighted by Gasteiger charge is -2.18. The van der Waals surface area contributed by atoms with Crippen LogP contribution in [0.5, 0.6) is 11.5 Å². The minimum Gasteiger partial charge on any atom is -0.483 e. The first-order chi connectivity index (χ1) is 12.4. The van der Waals surface area contributed by atoms with E-state index in [0.717, 1.165) is 23.3 Å². The monoisotopic (exact) mass is 355 g/mol. The number of nitrogens with one attached hydrogen (secondary N) is 1. The fraction of sp³-hybridized carbons (Fsp3) is 0.381. The van der Waals surface area contributed by atoms with E-state index in [1.807, 2.05) is 56.3 Å². The Morgan fingerprint density at radius 2 is 2.00 bits per heavy atom. The number of carbonyl (C=O) groups excluding carboxylic acids is 1. The lowest BCUT2D eigenvalue weighted by molar-refractivity contribution is -0.123. The van der Waals surface area contributed by atoms with Gasteiger partial charge in [0.05, 0.1) is 6.10 Å². The minimum atomic E-state index is -0.633. The molecule has 138 valence electrons. The fourth-order valence-corrected chi connectivity index (χ4v) is 3.09. The second kappa shape index (κ2) is 7.79. The van der Waals surface area contributed by atoms with Gasteiger partial charge in [-0.3, -0.25) is 4.79 Å². The predicted molar refractivity (Wildman–Crippen MR) is 99.5 cm³/mol. The molecule has 5 heteroatoms. The minimum absolute atomic E-state index is 0.113. The number of benzene rings is 2. The van der Waals surface area contributed by atoms with E-state index in [1.165, 1.54) is 0 Å². The standard InChI is InChI=1S/C21H25NO4/c1-21(2)12-16-9-6-10-18(20(16)26-21)25-14-19(24)22-13-17(23)11-15-7-4-3-5-8-15/h3-10,17,23H,11-14H2,1-2H3,(H,22,24). The Morgan fingerprint density at radius 1 is 1.23 bits per heavy atom. The lowest BCUT2D eigenvalue weighted by Crippen LogP contribution is -2.36. The topological polar surface area (TPSA) is 67.8 Å². The molecule has 0 saturated carbocycles. The molecule has 1 amide bonds. The van der Waals surface area contributed by atoms with Gasteiger partial charge in [-0.15, -0.1) is 0 Å². The SMILES string of the molecule is CC1(C)Cc2cccc(OCC(=O)NCC(O)Cc3ccccc3)c2O1. The summed E-state index contributed by atoms with van der Waals surface area (Å²) in [5, 5.41) is 12.7. The van der Waals surface area contributed by atoms with Crippen molar-refractivity contribution in [1.82, 2.24) is 5.32 Å². The Kier molecular flexibility index (Phi) is 5.47. The van der Waals surface area contributed by atoms with Crippen molar-refractivity contribution in [2.75, 3.05) is 13.2 Å². The molecule has 5 nitrogen and oxygen atoms in total. The number of ether oxygens (including phenoxy) is 2. The van der Waals surface area contributed by atoms with Gasteiger partial charge in [-0.05, 0) is 25.5 Å². The zero-order chi connectivity index (χ0) is 18.6. The van der Waals surface area contributed by atoms with Crippen LogP contribution in [0.2, 0.25) is 0 Å². The molecule has 2 aromatic rings. The quantitative estimate of drug-likeness (QED) is 0.801. The first-order valence-corrected chi connectivity index (χ1v) is 8.85. The molecule has 0 aliphatic carbocycles. The number of para-hydroxylation sites is 1. The zero-order valence-corrected chi connectivity index (χ0v) is 15.2. The van der Waals surface area contributed by atoms with E-state index in [9.17, 15) is 9.90 Å². The van der Waals surface area contributed by atoms with Crippen LogP contribution in [0.4, 0.5) is 0 Å². The van der Waals surface area contributed by atoms with Crippen LogP contribution in [0.3, 0.4) is 0 Å². The molecule has 0 spiro atoms. The van der Waals surface area contributed by atoms with Crippen LogP contribution in [0, 0.1) is 0 Å². The van der Waals surface area contributed by atoms with Crippen molar-refractivity contribution in [3.8, 4) is 11.5 Å². The summed E-state index contributed by atoms with van der Waals surface area (Å²) in [6.07, 6.45) is 0.681. The van der Waals surface area contributed by atoms with Gasteiger partial charge in [0.2, 0.25) is 0 Å². The second-order valence-electron chi connectivity index (χ2n) is 7.22. The number of aliphatic hydroxyl groups excluding tert-OH is 1. The average Bonchev–Trinajstić information content (AvgIpc) is 2.93. The number of fused-ring (bicyclic) bond motifs is 1. The molecule has 0 fully saturated rings. The Bertz CT molecular complexity index is 758. The Labute approximate surface area is 153 Å². The van der Waals surface area contributed by atoms with Crippen molar-refractivity contribution in [3.63, 3.8) is 0 Å². The van der Waals surface area contributed by atoms with Crippen molar-refractivity contribution in [2.45, 2.75) is 38.4 Å². The Hall–Kier alpha value is -2.53. The Balaban J connectivity index is 1.46. The van der Waals surface area contributed by atoms with Crippen LogP contribution in [0.15, 0.2) is 48.5 Å². The highest BCUT2D eigenvalue weighted by molar-refractivity contribution is 5.77. The van der Waals surface area contributed by atoms with Crippen LogP contribution < -0.4 is 14.8 Å². The Morgan fingerprint density at radius 3 is 2.77 bits per heavy atom.